The minimum Gasteiger partial charge on any atom is -0.444 e. The van der Waals surface area contributed by atoms with E-state index in [0.717, 1.165) is 5.56 Å². The summed E-state index contributed by atoms with van der Waals surface area (Å²) < 4.78 is 5.09. The quantitative estimate of drug-likeness (QED) is 0.871. The highest BCUT2D eigenvalue weighted by Gasteiger charge is 2.16. The zero-order chi connectivity index (χ0) is 16.8. The molecule has 0 aromatic heterocycles. The van der Waals surface area contributed by atoms with Crippen LogP contribution in [0.25, 0.3) is 0 Å². The number of hydrogen-bond acceptors (Lipinski definition) is 3. The largest absolute Gasteiger partial charge is 0.444 e. The monoisotopic (exact) mass is 326 g/mol. The molecule has 0 aliphatic carbocycles. The molecule has 5 nitrogen and oxygen atoms in total. The van der Waals surface area contributed by atoms with Crippen LogP contribution in [0, 0.1) is 0 Å². The van der Waals surface area contributed by atoms with Gasteiger partial charge in [0.15, 0.2) is 0 Å². The number of hydrogen-bond donors (Lipinski definition) is 2. The fraction of sp³-hybridized carbons (Fsp3) is 0.500. The molecule has 1 aromatic carbocycles. The highest BCUT2D eigenvalue weighted by atomic mass is 35.5. The van der Waals surface area contributed by atoms with Crippen molar-refractivity contribution in [2.75, 3.05) is 6.54 Å². The van der Waals surface area contributed by atoms with Crippen molar-refractivity contribution in [3.05, 3.63) is 34.9 Å². The maximum Gasteiger partial charge on any atom is 0.407 e. The number of carbonyl (C=O) groups is 2. The molecule has 0 saturated carbocycles. The van der Waals surface area contributed by atoms with E-state index < -0.39 is 11.7 Å². The number of nitrogens with one attached hydrogen (secondary N) is 2. The van der Waals surface area contributed by atoms with Crippen molar-refractivity contribution in [2.24, 2.45) is 0 Å². The van der Waals surface area contributed by atoms with E-state index in [1.54, 1.807) is 26.8 Å². The zero-order valence-corrected chi connectivity index (χ0v) is 14.2. The van der Waals surface area contributed by atoms with E-state index in [-0.39, 0.29) is 24.9 Å². The van der Waals surface area contributed by atoms with Crippen molar-refractivity contribution >= 4 is 23.6 Å². The summed E-state index contributed by atoms with van der Waals surface area (Å²) in [6, 6.07) is 7.18. The van der Waals surface area contributed by atoms with Gasteiger partial charge < -0.3 is 15.4 Å². The molecule has 0 aliphatic heterocycles. The minimum atomic E-state index is -0.548. The molecular formula is C16H23ClN2O3. The number of amides is 2. The Morgan fingerprint density at radius 3 is 2.59 bits per heavy atom. The fourth-order valence-corrected chi connectivity index (χ4v) is 1.96. The molecule has 1 aromatic rings. The number of alkyl carbamates (subject to hydrolysis) is 1. The summed E-state index contributed by atoms with van der Waals surface area (Å²) in [6.45, 7) is 7.46. The molecule has 22 heavy (non-hydrogen) atoms. The van der Waals surface area contributed by atoms with Gasteiger partial charge in [0, 0.05) is 18.0 Å². The van der Waals surface area contributed by atoms with E-state index in [1.165, 1.54) is 0 Å². The molecule has 0 aliphatic rings. The lowest BCUT2D eigenvalue weighted by atomic mass is 10.1. The summed E-state index contributed by atoms with van der Waals surface area (Å²) in [5.41, 5.74) is 0.383. The topological polar surface area (TPSA) is 67.4 Å². The molecular weight excluding hydrogens is 304 g/mol. The standard InChI is InChI=1S/C16H23ClN2O3/c1-11(12-6-5-7-13(17)10-12)19-14(20)8-9-18-15(21)22-16(2,3)4/h5-7,10-11H,8-9H2,1-4H3,(H,18,21)(H,19,20)/t11-/m0/s1. The second-order valence-electron chi connectivity index (χ2n) is 6.02. The average molecular weight is 327 g/mol. The van der Waals surface area contributed by atoms with Crippen molar-refractivity contribution in [1.82, 2.24) is 10.6 Å². The highest BCUT2D eigenvalue weighted by Crippen LogP contribution is 2.17. The first-order valence-corrected chi connectivity index (χ1v) is 7.57. The summed E-state index contributed by atoms with van der Waals surface area (Å²) >= 11 is 5.92. The minimum absolute atomic E-state index is 0.146. The lowest BCUT2D eigenvalue weighted by Crippen LogP contribution is -2.35. The lowest BCUT2D eigenvalue weighted by molar-refractivity contribution is -0.121. The third-order valence-electron chi connectivity index (χ3n) is 2.75. The van der Waals surface area contributed by atoms with Crippen LogP contribution in [0.15, 0.2) is 24.3 Å². The Kier molecular flexibility index (Phi) is 6.68. The number of ether oxygens (including phenoxy) is 1. The lowest BCUT2D eigenvalue weighted by Gasteiger charge is -2.19. The third-order valence-corrected chi connectivity index (χ3v) is 2.98. The van der Waals surface area contributed by atoms with Gasteiger partial charge in [-0.05, 0) is 45.4 Å². The van der Waals surface area contributed by atoms with E-state index in [4.69, 9.17) is 16.3 Å². The predicted octanol–water partition coefficient (Wildman–Crippen LogP) is 3.43. The Balaban J connectivity index is 2.33. The Hall–Kier alpha value is -1.75. The number of rotatable bonds is 5. The van der Waals surface area contributed by atoms with Crippen LogP contribution in [0.2, 0.25) is 5.02 Å². The van der Waals surface area contributed by atoms with Gasteiger partial charge in [0.2, 0.25) is 5.91 Å². The zero-order valence-electron chi connectivity index (χ0n) is 13.4. The Labute approximate surface area is 136 Å². The van der Waals surface area contributed by atoms with Gasteiger partial charge >= 0.3 is 6.09 Å². The van der Waals surface area contributed by atoms with Crippen LogP contribution in [0.1, 0.15) is 45.7 Å². The van der Waals surface area contributed by atoms with Crippen LogP contribution in [0.5, 0.6) is 0 Å². The molecule has 0 bridgehead atoms. The van der Waals surface area contributed by atoms with Gasteiger partial charge in [-0.1, -0.05) is 23.7 Å². The molecule has 1 atom stereocenters. The van der Waals surface area contributed by atoms with Gasteiger partial charge in [-0.3, -0.25) is 4.79 Å². The van der Waals surface area contributed by atoms with Crippen molar-refractivity contribution in [1.29, 1.82) is 0 Å². The van der Waals surface area contributed by atoms with E-state index >= 15 is 0 Å². The van der Waals surface area contributed by atoms with E-state index in [1.807, 2.05) is 25.1 Å². The fourth-order valence-electron chi connectivity index (χ4n) is 1.77. The Morgan fingerprint density at radius 1 is 1.32 bits per heavy atom. The maximum absolute atomic E-state index is 11.8. The Bertz CT molecular complexity index is 526. The number of halogens is 1. The van der Waals surface area contributed by atoms with Crippen molar-refractivity contribution < 1.29 is 14.3 Å². The van der Waals surface area contributed by atoms with E-state index in [2.05, 4.69) is 10.6 Å². The van der Waals surface area contributed by atoms with Crippen LogP contribution < -0.4 is 10.6 Å². The number of carbonyl (C=O) groups excluding carboxylic acids is 2. The van der Waals surface area contributed by atoms with Crippen molar-refractivity contribution in [3.8, 4) is 0 Å². The van der Waals surface area contributed by atoms with Gasteiger partial charge in [0.1, 0.15) is 5.60 Å². The molecule has 0 saturated heterocycles. The summed E-state index contributed by atoms with van der Waals surface area (Å²) in [4.78, 5) is 23.3. The van der Waals surface area contributed by atoms with Crippen LogP contribution >= 0.6 is 11.6 Å². The highest BCUT2D eigenvalue weighted by molar-refractivity contribution is 6.30. The molecule has 2 amide bonds. The molecule has 0 fully saturated rings. The maximum atomic E-state index is 11.8. The average Bonchev–Trinajstić information content (AvgIpc) is 2.36. The third kappa shape index (κ3) is 7.31. The van der Waals surface area contributed by atoms with Gasteiger partial charge in [-0.2, -0.15) is 0 Å². The molecule has 0 radical (unpaired) electrons. The van der Waals surface area contributed by atoms with Gasteiger partial charge in [0.05, 0.1) is 6.04 Å². The first kappa shape index (κ1) is 18.3. The number of benzene rings is 1. The summed E-state index contributed by atoms with van der Waals surface area (Å²) in [5, 5.41) is 6.03. The van der Waals surface area contributed by atoms with E-state index in [0.29, 0.717) is 5.02 Å². The summed E-state index contributed by atoms with van der Waals surface area (Å²) in [7, 11) is 0. The molecule has 0 unspecified atom stereocenters. The predicted molar refractivity (Wildman–Crippen MR) is 86.9 cm³/mol. The van der Waals surface area contributed by atoms with Crippen LogP contribution in [0.3, 0.4) is 0 Å². The molecule has 0 spiro atoms. The van der Waals surface area contributed by atoms with Crippen molar-refractivity contribution in [2.45, 2.75) is 45.8 Å². The van der Waals surface area contributed by atoms with Gasteiger partial charge in [-0.25, -0.2) is 4.79 Å². The second-order valence-corrected chi connectivity index (χ2v) is 6.46. The first-order chi connectivity index (χ1) is 10.2. The summed E-state index contributed by atoms with van der Waals surface area (Å²) in [5.74, 6) is -0.150. The van der Waals surface area contributed by atoms with E-state index in [9.17, 15) is 9.59 Å². The molecule has 2 N–H and O–H groups in total. The van der Waals surface area contributed by atoms with Crippen LogP contribution in [-0.4, -0.2) is 24.1 Å². The normalized spacial score (nSPS) is 12.4. The van der Waals surface area contributed by atoms with Crippen LogP contribution in [0.4, 0.5) is 4.79 Å². The molecule has 1 rings (SSSR count). The van der Waals surface area contributed by atoms with Gasteiger partial charge in [-0.15, -0.1) is 0 Å². The molecule has 6 heteroatoms. The first-order valence-electron chi connectivity index (χ1n) is 7.19. The molecule has 122 valence electrons. The summed E-state index contributed by atoms with van der Waals surface area (Å²) in [6.07, 6.45) is -0.340. The van der Waals surface area contributed by atoms with Gasteiger partial charge in [0.25, 0.3) is 0 Å². The Morgan fingerprint density at radius 2 is 2.00 bits per heavy atom. The van der Waals surface area contributed by atoms with Crippen LogP contribution in [-0.2, 0) is 9.53 Å². The molecule has 0 heterocycles. The SMILES string of the molecule is C[C@H](NC(=O)CCNC(=O)OC(C)(C)C)c1cccc(Cl)c1. The second kappa shape index (κ2) is 8.03. The smallest absolute Gasteiger partial charge is 0.407 e. The van der Waals surface area contributed by atoms with Crippen molar-refractivity contribution in [3.63, 3.8) is 0 Å².